The number of carbonyl (C=O) groups is 2. The first kappa shape index (κ1) is 15.7. The lowest BCUT2D eigenvalue weighted by atomic mass is 10.1. The number of amides is 1. The summed E-state index contributed by atoms with van der Waals surface area (Å²) in [6.45, 7) is 1.65. The molecule has 120 valence electrons. The number of nitrogens with one attached hydrogen (secondary N) is 1. The molecule has 4 heteroatoms. The molecule has 0 bridgehead atoms. The standard InChI is InChI=1S/C20H17NO3/c1-14-9-11-16(12-10-14)21-19(22)13-24-20(23)18-8-4-6-15-5-2-3-7-17(15)18/h2-12H,13H2,1H3,(H,21,22). The Kier molecular flexibility index (Phi) is 4.57. The van der Waals surface area contributed by atoms with Crippen LogP contribution in [0.15, 0.2) is 66.7 Å². The van der Waals surface area contributed by atoms with Crippen LogP contribution in [0.4, 0.5) is 5.69 Å². The molecule has 1 amide bonds. The highest BCUT2D eigenvalue weighted by Crippen LogP contribution is 2.19. The van der Waals surface area contributed by atoms with Gasteiger partial charge in [-0.15, -0.1) is 0 Å². The molecule has 0 aliphatic carbocycles. The van der Waals surface area contributed by atoms with Crippen molar-refractivity contribution in [3.8, 4) is 0 Å². The van der Waals surface area contributed by atoms with Gasteiger partial charge in [-0.1, -0.05) is 54.1 Å². The van der Waals surface area contributed by atoms with E-state index in [2.05, 4.69) is 5.32 Å². The second kappa shape index (κ2) is 6.96. The van der Waals surface area contributed by atoms with Crippen molar-refractivity contribution in [3.63, 3.8) is 0 Å². The number of rotatable bonds is 4. The quantitative estimate of drug-likeness (QED) is 0.741. The Morgan fingerprint density at radius 3 is 2.42 bits per heavy atom. The average Bonchev–Trinajstić information content (AvgIpc) is 2.61. The molecule has 0 unspecified atom stereocenters. The fraction of sp³-hybridized carbons (Fsp3) is 0.100. The van der Waals surface area contributed by atoms with Crippen molar-refractivity contribution in [2.75, 3.05) is 11.9 Å². The van der Waals surface area contributed by atoms with Crippen molar-refractivity contribution in [1.82, 2.24) is 0 Å². The van der Waals surface area contributed by atoms with E-state index in [-0.39, 0.29) is 12.5 Å². The molecule has 0 aliphatic rings. The van der Waals surface area contributed by atoms with Gasteiger partial charge in [-0.3, -0.25) is 4.79 Å². The van der Waals surface area contributed by atoms with E-state index < -0.39 is 5.97 Å². The monoisotopic (exact) mass is 319 g/mol. The summed E-state index contributed by atoms with van der Waals surface area (Å²) >= 11 is 0. The van der Waals surface area contributed by atoms with Crippen LogP contribution < -0.4 is 5.32 Å². The van der Waals surface area contributed by atoms with Gasteiger partial charge in [0.1, 0.15) is 0 Å². The fourth-order valence-corrected chi connectivity index (χ4v) is 2.45. The first-order valence-corrected chi connectivity index (χ1v) is 7.65. The summed E-state index contributed by atoms with van der Waals surface area (Å²) in [6, 6.07) is 20.4. The van der Waals surface area contributed by atoms with Crippen LogP contribution in [0.2, 0.25) is 0 Å². The summed E-state index contributed by atoms with van der Waals surface area (Å²) in [5, 5.41) is 4.46. The molecule has 0 aliphatic heterocycles. The molecule has 0 spiro atoms. The highest BCUT2D eigenvalue weighted by Gasteiger charge is 2.13. The van der Waals surface area contributed by atoms with E-state index in [1.165, 1.54) is 0 Å². The van der Waals surface area contributed by atoms with E-state index in [1.807, 2.05) is 49.4 Å². The smallest absolute Gasteiger partial charge is 0.339 e. The third-order valence-electron chi connectivity index (χ3n) is 3.68. The lowest BCUT2D eigenvalue weighted by molar-refractivity contribution is -0.119. The maximum Gasteiger partial charge on any atom is 0.339 e. The molecular weight excluding hydrogens is 302 g/mol. The van der Waals surface area contributed by atoms with Gasteiger partial charge in [0.25, 0.3) is 5.91 Å². The number of aryl methyl sites for hydroxylation is 1. The van der Waals surface area contributed by atoms with E-state index in [1.54, 1.807) is 24.3 Å². The largest absolute Gasteiger partial charge is 0.452 e. The van der Waals surface area contributed by atoms with Crippen LogP contribution in [0.5, 0.6) is 0 Å². The highest BCUT2D eigenvalue weighted by atomic mass is 16.5. The topological polar surface area (TPSA) is 55.4 Å². The van der Waals surface area contributed by atoms with E-state index in [4.69, 9.17) is 4.74 Å². The molecule has 24 heavy (non-hydrogen) atoms. The normalized spacial score (nSPS) is 10.4. The maximum atomic E-state index is 12.3. The number of benzene rings is 3. The Morgan fingerprint density at radius 2 is 1.62 bits per heavy atom. The summed E-state index contributed by atoms with van der Waals surface area (Å²) in [6.07, 6.45) is 0. The summed E-state index contributed by atoms with van der Waals surface area (Å²) in [5.74, 6) is -0.877. The Bertz CT molecular complexity index is 880. The fourth-order valence-electron chi connectivity index (χ4n) is 2.45. The van der Waals surface area contributed by atoms with Crippen LogP contribution in [-0.4, -0.2) is 18.5 Å². The van der Waals surface area contributed by atoms with Crippen LogP contribution in [0.25, 0.3) is 10.8 Å². The summed E-state index contributed by atoms with van der Waals surface area (Å²) in [5.41, 5.74) is 2.23. The van der Waals surface area contributed by atoms with E-state index in [9.17, 15) is 9.59 Å². The summed E-state index contributed by atoms with van der Waals surface area (Å²) in [4.78, 5) is 24.2. The second-order valence-electron chi connectivity index (χ2n) is 5.52. The molecule has 0 saturated carbocycles. The van der Waals surface area contributed by atoms with Crippen molar-refractivity contribution in [1.29, 1.82) is 0 Å². The highest BCUT2D eigenvalue weighted by molar-refractivity contribution is 6.05. The number of hydrogen-bond acceptors (Lipinski definition) is 3. The molecule has 0 saturated heterocycles. The Labute approximate surface area is 140 Å². The minimum absolute atomic E-state index is 0.323. The molecular formula is C20H17NO3. The van der Waals surface area contributed by atoms with E-state index >= 15 is 0 Å². The van der Waals surface area contributed by atoms with Gasteiger partial charge >= 0.3 is 5.97 Å². The Hall–Kier alpha value is -3.14. The molecule has 0 radical (unpaired) electrons. The number of anilines is 1. The van der Waals surface area contributed by atoms with Crippen molar-refractivity contribution in [2.24, 2.45) is 0 Å². The van der Waals surface area contributed by atoms with Crippen LogP contribution in [-0.2, 0) is 9.53 Å². The molecule has 0 aromatic heterocycles. The molecule has 0 heterocycles. The van der Waals surface area contributed by atoms with Crippen molar-refractivity contribution >= 4 is 28.3 Å². The average molecular weight is 319 g/mol. The van der Waals surface area contributed by atoms with E-state index in [0.717, 1.165) is 16.3 Å². The zero-order valence-electron chi connectivity index (χ0n) is 13.3. The maximum absolute atomic E-state index is 12.3. The molecule has 4 nitrogen and oxygen atoms in total. The third kappa shape index (κ3) is 3.60. The van der Waals surface area contributed by atoms with Gasteiger partial charge in [0.2, 0.25) is 0 Å². The first-order chi connectivity index (χ1) is 11.6. The number of hydrogen-bond donors (Lipinski definition) is 1. The minimum Gasteiger partial charge on any atom is -0.452 e. The van der Waals surface area contributed by atoms with Crippen LogP contribution in [0.1, 0.15) is 15.9 Å². The van der Waals surface area contributed by atoms with Crippen LogP contribution in [0.3, 0.4) is 0 Å². The van der Waals surface area contributed by atoms with E-state index in [0.29, 0.717) is 11.3 Å². The minimum atomic E-state index is -0.508. The lowest BCUT2D eigenvalue weighted by Crippen LogP contribution is -2.21. The van der Waals surface area contributed by atoms with Gasteiger partial charge in [0, 0.05) is 5.69 Å². The molecule has 3 rings (SSSR count). The van der Waals surface area contributed by atoms with Gasteiger partial charge in [-0.2, -0.15) is 0 Å². The summed E-state index contributed by atoms with van der Waals surface area (Å²) < 4.78 is 5.14. The number of ether oxygens (including phenoxy) is 1. The first-order valence-electron chi connectivity index (χ1n) is 7.65. The zero-order valence-corrected chi connectivity index (χ0v) is 13.3. The van der Waals surface area contributed by atoms with Gasteiger partial charge in [0.15, 0.2) is 6.61 Å². The molecule has 3 aromatic rings. The van der Waals surface area contributed by atoms with Gasteiger partial charge in [-0.05, 0) is 35.9 Å². The molecule has 1 N–H and O–H groups in total. The number of fused-ring (bicyclic) bond motifs is 1. The lowest BCUT2D eigenvalue weighted by Gasteiger charge is -2.08. The third-order valence-corrected chi connectivity index (χ3v) is 3.68. The van der Waals surface area contributed by atoms with Crippen molar-refractivity contribution in [3.05, 3.63) is 77.9 Å². The SMILES string of the molecule is Cc1ccc(NC(=O)COC(=O)c2cccc3ccccc23)cc1. The Morgan fingerprint density at radius 1 is 0.917 bits per heavy atom. The summed E-state index contributed by atoms with van der Waals surface area (Å²) in [7, 11) is 0. The Balaban J connectivity index is 1.64. The van der Waals surface area contributed by atoms with Gasteiger partial charge in [0.05, 0.1) is 5.56 Å². The second-order valence-corrected chi connectivity index (χ2v) is 5.52. The molecule has 0 fully saturated rings. The number of esters is 1. The molecule has 0 atom stereocenters. The van der Waals surface area contributed by atoms with Gasteiger partial charge < -0.3 is 10.1 Å². The van der Waals surface area contributed by atoms with Gasteiger partial charge in [-0.25, -0.2) is 4.79 Å². The zero-order chi connectivity index (χ0) is 16.9. The predicted molar refractivity (Wildman–Crippen MR) is 94.0 cm³/mol. The van der Waals surface area contributed by atoms with Crippen molar-refractivity contribution < 1.29 is 14.3 Å². The molecule has 3 aromatic carbocycles. The van der Waals surface area contributed by atoms with Crippen LogP contribution in [0, 0.1) is 6.92 Å². The van der Waals surface area contributed by atoms with Crippen LogP contribution >= 0.6 is 0 Å². The predicted octanol–water partition coefficient (Wildman–Crippen LogP) is 3.94. The van der Waals surface area contributed by atoms with Crippen molar-refractivity contribution in [2.45, 2.75) is 6.92 Å². The number of carbonyl (C=O) groups excluding carboxylic acids is 2.